The van der Waals surface area contributed by atoms with Crippen molar-refractivity contribution in [3.63, 3.8) is 0 Å². The van der Waals surface area contributed by atoms with Crippen molar-refractivity contribution in [2.24, 2.45) is 5.10 Å². The van der Waals surface area contributed by atoms with Crippen LogP contribution in [0.15, 0.2) is 47.6 Å². The second kappa shape index (κ2) is 8.57. The van der Waals surface area contributed by atoms with Gasteiger partial charge in [-0.25, -0.2) is 5.43 Å². The molecule has 0 aromatic heterocycles. The molecule has 6 heteroatoms. The van der Waals surface area contributed by atoms with Gasteiger partial charge in [0, 0.05) is 11.6 Å². The van der Waals surface area contributed by atoms with Crippen LogP contribution in [0.5, 0.6) is 17.2 Å². The van der Waals surface area contributed by atoms with Crippen molar-refractivity contribution in [3.05, 3.63) is 53.6 Å². The van der Waals surface area contributed by atoms with Gasteiger partial charge in [0.25, 0.3) is 5.91 Å². The number of hydrazone groups is 1. The maximum atomic E-state index is 12.2. The van der Waals surface area contributed by atoms with Gasteiger partial charge in [-0.2, -0.15) is 5.10 Å². The predicted octanol–water partition coefficient (Wildman–Crippen LogP) is 2.87. The Bertz CT molecular complexity index is 729. The Hall–Kier alpha value is -3.02. The molecule has 24 heavy (non-hydrogen) atoms. The van der Waals surface area contributed by atoms with Crippen LogP contribution in [0.1, 0.15) is 22.8 Å². The SMILES string of the molecule is CCOc1ccccc1C(=O)N/N=C\c1ccc(OC)cc1OC. The summed E-state index contributed by atoms with van der Waals surface area (Å²) in [6.45, 7) is 2.35. The Balaban J connectivity index is 2.10. The molecule has 0 bridgehead atoms. The molecule has 0 saturated carbocycles. The van der Waals surface area contributed by atoms with Gasteiger partial charge < -0.3 is 14.2 Å². The van der Waals surface area contributed by atoms with Crippen LogP contribution in [0, 0.1) is 0 Å². The van der Waals surface area contributed by atoms with Crippen LogP contribution in [-0.2, 0) is 0 Å². The molecular formula is C18H20N2O4. The maximum absolute atomic E-state index is 12.2. The Morgan fingerprint density at radius 2 is 1.92 bits per heavy atom. The van der Waals surface area contributed by atoms with Crippen LogP contribution in [0.25, 0.3) is 0 Å². The molecule has 0 spiro atoms. The number of methoxy groups -OCH3 is 2. The van der Waals surface area contributed by atoms with E-state index in [1.54, 1.807) is 50.6 Å². The Labute approximate surface area is 141 Å². The number of hydrogen-bond donors (Lipinski definition) is 1. The van der Waals surface area contributed by atoms with Crippen molar-refractivity contribution >= 4 is 12.1 Å². The first-order valence-corrected chi connectivity index (χ1v) is 7.46. The van der Waals surface area contributed by atoms with Crippen LogP contribution in [0.4, 0.5) is 0 Å². The van der Waals surface area contributed by atoms with Gasteiger partial charge in [-0.3, -0.25) is 4.79 Å². The number of hydrogen-bond acceptors (Lipinski definition) is 5. The van der Waals surface area contributed by atoms with E-state index in [9.17, 15) is 4.79 Å². The lowest BCUT2D eigenvalue weighted by Gasteiger charge is -2.08. The first kappa shape index (κ1) is 17.3. The third kappa shape index (κ3) is 4.25. The molecule has 0 atom stereocenters. The number of amides is 1. The lowest BCUT2D eigenvalue weighted by atomic mass is 10.2. The fraction of sp³-hybridized carbons (Fsp3) is 0.222. The molecule has 1 amide bonds. The summed E-state index contributed by atoms with van der Waals surface area (Å²) >= 11 is 0. The number of nitrogens with one attached hydrogen (secondary N) is 1. The lowest BCUT2D eigenvalue weighted by Crippen LogP contribution is -2.18. The van der Waals surface area contributed by atoms with Crippen molar-refractivity contribution in [2.45, 2.75) is 6.92 Å². The average molecular weight is 328 g/mol. The van der Waals surface area contributed by atoms with E-state index in [1.807, 2.05) is 13.0 Å². The Morgan fingerprint density at radius 3 is 2.62 bits per heavy atom. The molecule has 0 radical (unpaired) electrons. The van der Waals surface area contributed by atoms with Gasteiger partial charge in [-0.15, -0.1) is 0 Å². The van der Waals surface area contributed by atoms with Crippen molar-refractivity contribution in [1.29, 1.82) is 0 Å². The summed E-state index contributed by atoms with van der Waals surface area (Å²) in [6, 6.07) is 12.3. The van der Waals surface area contributed by atoms with Crippen molar-refractivity contribution < 1.29 is 19.0 Å². The molecule has 2 aromatic carbocycles. The van der Waals surface area contributed by atoms with Gasteiger partial charge in [0.15, 0.2) is 0 Å². The molecule has 2 rings (SSSR count). The van der Waals surface area contributed by atoms with Gasteiger partial charge in [-0.05, 0) is 31.2 Å². The number of rotatable bonds is 7. The van der Waals surface area contributed by atoms with E-state index in [4.69, 9.17) is 14.2 Å². The first-order valence-electron chi connectivity index (χ1n) is 7.46. The molecule has 0 aliphatic carbocycles. The molecule has 0 aliphatic rings. The van der Waals surface area contributed by atoms with Crippen LogP contribution in [0.3, 0.4) is 0 Å². The zero-order valence-electron chi connectivity index (χ0n) is 13.9. The maximum Gasteiger partial charge on any atom is 0.275 e. The number of para-hydroxylation sites is 1. The van der Waals surface area contributed by atoms with Crippen LogP contribution in [-0.4, -0.2) is 32.9 Å². The fourth-order valence-electron chi connectivity index (χ4n) is 2.08. The van der Waals surface area contributed by atoms with Crippen molar-refractivity contribution in [1.82, 2.24) is 5.43 Å². The zero-order chi connectivity index (χ0) is 17.4. The van der Waals surface area contributed by atoms with E-state index >= 15 is 0 Å². The van der Waals surface area contributed by atoms with E-state index in [0.29, 0.717) is 29.4 Å². The van der Waals surface area contributed by atoms with E-state index in [0.717, 1.165) is 5.56 Å². The van der Waals surface area contributed by atoms with E-state index < -0.39 is 0 Å². The van der Waals surface area contributed by atoms with E-state index in [1.165, 1.54) is 6.21 Å². The molecule has 0 saturated heterocycles. The summed E-state index contributed by atoms with van der Waals surface area (Å²) in [5.41, 5.74) is 3.64. The quantitative estimate of drug-likeness (QED) is 0.627. The second-order valence-electron chi connectivity index (χ2n) is 4.74. The molecule has 2 aromatic rings. The summed E-state index contributed by atoms with van der Waals surface area (Å²) in [6.07, 6.45) is 1.51. The van der Waals surface area contributed by atoms with E-state index in [2.05, 4.69) is 10.5 Å². The smallest absolute Gasteiger partial charge is 0.275 e. The van der Waals surface area contributed by atoms with Crippen LogP contribution in [0.2, 0.25) is 0 Å². The number of benzene rings is 2. The lowest BCUT2D eigenvalue weighted by molar-refractivity contribution is 0.0951. The number of carbonyl (C=O) groups excluding carboxylic acids is 1. The second-order valence-corrected chi connectivity index (χ2v) is 4.74. The topological polar surface area (TPSA) is 69.2 Å². The third-order valence-electron chi connectivity index (χ3n) is 3.24. The normalized spacial score (nSPS) is 10.5. The minimum atomic E-state index is -0.345. The number of nitrogens with zero attached hydrogens (tertiary/aromatic N) is 1. The van der Waals surface area contributed by atoms with Gasteiger partial charge in [0.1, 0.15) is 17.2 Å². The highest BCUT2D eigenvalue weighted by molar-refractivity contribution is 5.97. The van der Waals surface area contributed by atoms with Gasteiger partial charge in [-0.1, -0.05) is 12.1 Å². The summed E-state index contributed by atoms with van der Waals surface area (Å²) in [5.74, 6) is 1.46. The van der Waals surface area contributed by atoms with Crippen LogP contribution >= 0.6 is 0 Å². The highest BCUT2D eigenvalue weighted by Crippen LogP contribution is 2.23. The molecule has 1 N–H and O–H groups in total. The minimum Gasteiger partial charge on any atom is -0.497 e. The summed E-state index contributed by atoms with van der Waals surface area (Å²) < 4.78 is 15.9. The highest BCUT2D eigenvalue weighted by Gasteiger charge is 2.11. The minimum absolute atomic E-state index is 0.345. The van der Waals surface area contributed by atoms with Gasteiger partial charge >= 0.3 is 0 Å². The molecule has 0 fully saturated rings. The molecule has 0 aliphatic heterocycles. The van der Waals surface area contributed by atoms with Gasteiger partial charge in [0.05, 0.1) is 32.6 Å². The zero-order valence-corrected chi connectivity index (χ0v) is 13.9. The third-order valence-corrected chi connectivity index (χ3v) is 3.24. The van der Waals surface area contributed by atoms with Crippen molar-refractivity contribution in [3.8, 4) is 17.2 Å². The standard InChI is InChI=1S/C18H20N2O4/c1-4-24-16-8-6-5-7-15(16)18(21)20-19-12-13-9-10-14(22-2)11-17(13)23-3/h5-12H,4H2,1-3H3,(H,20,21)/b19-12-. The monoisotopic (exact) mass is 328 g/mol. The molecule has 0 unspecified atom stereocenters. The van der Waals surface area contributed by atoms with Crippen LogP contribution < -0.4 is 19.6 Å². The molecular weight excluding hydrogens is 308 g/mol. The van der Waals surface area contributed by atoms with Gasteiger partial charge in [0.2, 0.25) is 0 Å². The number of ether oxygens (including phenoxy) is 3. The molecule has 6 nitrogen and oxygen atoms in total. The average Bonchev–Trinajstić information content (AvgIpc) is 2.62. The fourth-order valence-corrected chi connectivity index (χ4v) is 2.08. The first-order chi connectivity index (χ1) is 11.7. The highest BCUT2D eigenvalue weighted by atomic mass is 16.5. The van der Waals surface area contributed by atoms with Crippen molar-refractivity contribution in [2.75, 3.05) is 20.8 Å². The summed E-state index contributed by atoms with van der Waals surface area (Å²) in [7, 11) is 3.14. The van der Waals surface area contributed by atoms with E-state index in [-0.39, 0.29) is 5.91 Å². The Morgan fingerprint density at radius 1 is 1.12 bits per heavy atom. The number of carbonyl (C=O) groups is 1. The predicted molar refractivity (Wildman–Crippen MR) is 92.2 cm³/mol. The summed E-state index contributed by atoms with van der Waals surface area (Å²) in [4.78, 5) is 12.2. The summed E-state index contributed by atoms with van der Waals surface area (Å²) in [5, 5.41) is 3.98. The molecule has 126 valence electrons. The molecule has 0 heterocycles. The Kier molecular flexibility index (Phi) is 6.19. The largest absolute Gasteiger partial charge is 0.497 e.